The number of benzene rings is 1. The molecule has 80 valence electrons. The van der Waals surface area contributed by atoms with E-state index in [1.54, 1.807) is 6.92 Å². The van der Waals surface area contributed by atoms with E-state index < -0.39 is 0 Å². The summed E-state index contributed by atoms with van der Waals surface area (Å²) < 4.78 is 11.0. The van der Waals surface area contributed by atoms with Gasteiger partial charge in [0.25, 0.3) is 0 Å². The Morgan fingerprint density at radius 2 is 2.00 bits per heavy atom. The van der Waals surface area contributed by atoms with Gasteiger partial charge in [0.1, 0.15) is 0 Å². The molecular formula is C11H13NO3. The van der Waals surface area contributed by atoms with E-state index in [0.29, 0.717) is 24.7 Å². The summed E-state index contributed by atoms with van der Waals surface area (Å²) in [5.41, 5.74) is 1.40. The number of rotatable bonds is 1. The summed E-state index contributed by atoms with van der Waals surface area (Å²) in [5, 5.41) is 11.8. The number of fused-ring (bicyclic) bond motifs is 1. The van der Waals surface area contributed by atoms with E-state index in [1.807, 2.05) is 18.2 Å². The summed E-state index contributed by atoms with van der Waals surface area (Å²) in [6.45, 7) is 3.07. The van der Waals surface area contributed by atoms with Gasteiger partial charge in [-0.15, -0.1) is 0 Å². The normalized spacial score (nSPS) is 15.9. The van der Waals surface area contributed by atoms with Crippen molar-refractivity contribution in [1.82, 2.24) is 0 Å². The Balaban J connectivity index is 2.36. The van der Waals surface area contributed by atoms with Crippen LogP contribution in [0.25, 0.3) is 0 Å². The molecule has 0 spiro atoms. The van der Waals surface area contributed by atoms with Gasteiger partial charge in [0.05, 0.1) is 18.9 Å². The van der Waals surface area contributed by atoms with E-state index in [4.69, 9.17) is 14.7 Å². The fourth-order valence-corrected chi connectivity index (χ4v) is 1.45. The molecule has 0 saturated carbocycles. The van der Waals surface area contributed by atoms with Crippen molar-refractivity contribution in [2.75, 3.05) is 13.2 Å². The minimum atomic E-state index is 0.561. The first-order chi connectivity index (χ1) is 7.31. The van der Waals surface area contributed by atoms with Crippen LogP contribution in [0.15, 0.2) is 23.4 Å². The number of oxime groups is 1. The van der Waals surface area contributed by atoms with Crippen molar-refractivity contribution in [2.24, 2.45) is 5.16 Å². The van der Waals surface area contributed by atoms with Crippen LogP contribution in [-0.4, -0.2) is 24.1 Å². The molecule has 1 aromatic carbocycles. The number of hydrogen-bond donors (Lipinski definition) is 1. The van der Waals surface area contributed by atoms with Crippen LogP contribution in [0.3, 0.4) is 0 Å². The van der Waals surface area contributed by atoms with E-state index in [0.717, 1.165) is 17.7 Å². The monoisotopic (exact) mass is 207 g/mol. The highest BCUT2D eigenvalue weighted by Gasteiger charge is 2.11. The summed E-state index contributed by atoms with van der Waals surface area (Å²) in [6, 6.07) is 5.52. The van der Waals surface area contributed by atoms with Crippen LogP contribution >= 0.6 is 0 Å². The Kier molecular flexibility index (Phi) is 2.76. The molecule has 4 nitrogen and oxygen atoms in total. The van der Waals surface area contributed by atoms with E-state index in [-0.39, 0.29) is 0 Å². The van der Waals surface area contributed by atoms with Crippen LogP contribution in [0.5, 0.6) is 11.5 Å². The molecule has 0 radical (unpaired) electrons. The zero-order valence-corrected chi connectivity index (χ0v) is 8.56. The van der Waals surface area contributed by atoms with Crippen LogP contribution < -0.4 is 9.47 Å². The summed E-state index contributed by atoms with van der Waals surface area (Å²) in [4.78, 5) is 0. The highest BCUT2D eigenvalue weighted by Crippen LogP contribution is 2.30. The largest absolute Gasteiger partial charge is 0.490 e. The van der Waals surface area contributed by atoms with Crippen molar-refractivity contribution in [1.29, 1.82) is 0 Å². The standard InChI is InChI=1S/C11H13NO3/c1-8(12-13)9-3-4-10-11(7-9)15-6-2-5-14-10/h3-4,7,13H,2,5-6H2,1H3/b12-8-. The Morgan fingerprint density at radius 1 is 1.27 bits per heavy atom. The molecule has 4 heteroatoms. The predicted octanol–water partition coefficient (Wildman–Crippen LogP) is 2.05. The summed E-state index contributed by atoms with van der Waals surface area (Å²) in [6.07, 6.45) is 0.886. The maximum atomic E-state index is 8.66. The molecule has 1 N–H and O–H groups in total. The Bertz CT molecular complexity index is 387. The molecular weight excluding hydrogens is 194 g/mol. The molecule has 0 bridgehead atoms. The summed E-state index contributed by atoms with van der Waals surface area (Å²) in [7, 11) is 0. The van der Waals surface area contributed by atoms with Crippen molar-refractivity contribution in [3.8, 4) is 11.5 Å². The predicted molar refractivity (Wildman–Crippen MR) is 56.0 cm³/mol. The fraction of sp³-hybridized carbons (Fsp3) is 0.364. The number of ether oxygens (including phenoxy) is 2. The second kappa shape index (κ2) is 4.21. The maximum Gasteiger partial charge on any atom is 0.161 e. The molecule has 1 aromatic rings. The topological polar surface area (TPSA) is 51.1 Å². The van der Waals surface area contributed by atoms with Crippen molar-refractivity contribution < 1.29 is 14.7 Å². The molecule has 1 heterocycles. The number of hydrogen-bond acceptors (Lipinski definition) is 4. The van der Waals surface area contributed by atoms with Gasteiger partial charge in [-0.1, -0.05) is 5.16 Å². The third-order valence-corrected chi connectivity index (χ3v) is 2.32. The van der Waals surface area contributed by atoms with E-state index in [2.05, 4.69) is 5.16 Å². The highest BCUT2D eigenvalue weighted by atomic mass is 16.5. The summed E-state index contributed by atoms with van der Waals surface area (Å²) in [5.74, 6) is 1.47. The lowest BCUT2D eigenvalue weighted by atomic mass is 10.1. The van der Waals surface area contributed by atoms with Crippen LogP contribution in [-0.2, 0) is 0 Å². The average molecular weight is 207 g/mol. The molecule has 0 amide bonds. The summed E-state index contributed by atoms with van der Waals surface area (Å²) >= 11 is 0. The van der Waals surface area contributed by atoms with E-state index in [9.17, 15) is 0 Å². The van der Waals surface area contributed by atoms with Gasteiger partial charge in [0.15, 0.2) is 11.5 Å². The first-order valence-corrected chi connectivity index (χ1v) is 4.90. The zero-order chi connectivity index (χ0) is 10.7. The first-order valence-electron chi connectivity index (χ1n) is 4.90. The van der Waals surface area contributed by atoms with Crippen molar-refractivity contribution in [2.45, 2.75) is 13.3 Å². The van der Waals surface area contributed by atoms with Gasteiger partial charge in [0.2, 0.25) is 0 Å². The quantitative estimate of drug-likeness (QED) is 0.435. The maximum absolute atomic E-state index is 8.66. The van der Waals surface area contributed by atoms with E-state index >= 15 is 0 Å². The van der Waals surface area contributed by atoms with Crippen LogP contribution in [0.1, 0.15) is 18.9 Å². The fourth-order valence-electron chi connectivity index (χ4n) is 1.45. The molecule has 0 fully saturated rings. The van der Waals surface area contributed by atoms with Crippen molar-refractivity contribution >= 4 is 5.71 Å². The molecule has 0 unspecified atom stereocenters. The van der Waals surface area contributed by atoms with Crippen LogP contribution in [0.4, 0.5) is 0 Å². The van der Waals surface area contributed by atoms with E-state index in [1.165, 1.54) is 0 Å². The first kappa shape index (κ1) is 9.83. The minimum absolute atomic E-state index is 0.561. The lowest BCUT2D eigenvalue weighted by Gasteiger charge is -2.08. The minimum Gasteiger partial charge on any atom is -0.490 e. The van der Waals surface area contributed by atoms with Crippen LogP contribution in [0.2, 0.25) is 0 Å². The molecule has 0 saturated heterocycles. The van der Waals surface area contributed by atoms with Gasteiger partial charge in [-0.3, -0.25) is 0 Å². The van der Waals surface area contributed by atoms with Gasteiger partial charge >= 0.3 is 0 Å². The van der Waals surface area contributed by atoms with Gasteiger partial charge < -0.3 is 14.7 Å². The van der Waals surface area contributed by atoms with Gasteiger partial charge in [-0.25, -0.2) is 0 Å². The molecule has 2 rings (SSSR count). The Morgan fingerprint density at radius 3 is 2.73 bits per heavy atom. The lowest BCUT2D eigenvalue weighted by Crippen LogP contribution is -1.98. The van der Waals surface area contributed by atoms with Crippen molar-refractivity contribution in [3.05, 3.63) is 23.8 Å². The molecule has 1 aliphatic heterocycles. The Labute approximate surface area is 88.1 Å². The second-order valence-corrected chi connectivity index (χ2v) is 3.40. The molecule has 1 aliphatic rings. The van der Waals surface area contributed by atoms with Gasteiger partial charge in [-0.05, 0) is 25.1 Å². The average Bonchev–Trinajstić information content (AvgIpc) is 2.51. The second-order valence-electron chi connectivity index (χ2n) is 3.40. The molecule has 0 aliphatic carbocycles. The molecule has 15 heavy (non-hydrogen) atoms. The third kappa shape index (κ3) is 2.03. The third-order valence-electron chi connectivity index (χ3n) is 2.32. The smallest absolute Gasteiger partial charge is 0.161 e. The SMILES string of the molecule is C/C(=N/O)c1ccc2c(c1)OCCCO2. The molecule has 0 atom stereocenters. The highest BCUT2D eigenvalue weighted by molar-refractivity contribution is 5.98. The van der Waals surface area contributed by atoms with Crippen LogP contribution in [0, 0.1) is 0 Å². The molecule has 0 aromatic heterocycles. The zero-order valence-electron chi connectivity index (χ0n) is 8.56. The van der Waals surface area contributed by atoms with Gasteiger partial charge in [-0.2, -0.15) is 0 Å². The number of nitrogens with zero attached hydrogens (tertiary/aromatic N) is 1. The van der Waals surface area contributed by atoms with Gasteiger partial charge in [0, 0.05) is 12.0 Å². The van der Waals surface area contributed by atoms with Crippen molar-refractivity contribution in [3.63, 3.8) is 0 Å². The lowest BCUT2D eigenvalue weighted by molar-refractivity contribution is 0.297. The Hall–Kier alpha value is -1.71.